The summed E-state index contributed by atoms with van der Waals surface area (Å²) in [6.07, 6.45) is 4.44. The lowest BCUT2D eigenvalue weighted by molar-refractivity contribution is -0.118. The van der Waals surface area contributed by atoms with E-state index >= 15 is 0 Å². The summed E-state index contributed by atoms with van der Waals surface area (Å²) >= 11 is 3.05. The number of ketones is 1. The standard InChI is InChI=1S/C22H24N6OS2/c1-12(2)30-21-27-26-20(31-21)28-15-8-22(3,4)9-16(29)18(15)17(14(10-23)19(28)24)13-6-5-7-25-11-13/h5-7,11-12,17H,8-9,24H2,1-4H3/t17-/m1/s1. The van der Waals surface area contributed by atoms with Gasteiger partial charge in [0, 0.05) is 35.3 Å². The summed E-state index contributed by atoms with van der Waals surface area (Å²) in [7, 11) is 0. The highest BCUT2D eigenvalue weighted by atomic mass is 32.2. The zero-order valence-electron chi connectivity index (χ0n) is 17.9. The molecule has 4 rings (SSSR count). The number of carbonyl (C=O) groups excluding carboxylic acids is 1. The average molecular weight is 453 g/mol. The normalized spacial score (nSPS) is 20.8. The molecular weight excluding hydrogens is 428 g/mol. The summed E-state index contributed by atoms with van der Waals surface area (Å²) in [4.78, 5) is 19.4. The molecule has 31 heavy (non-hydrogen) atoms. The maximum Gasteiger partial charge on any atom is 0.219 e. The lowest BCUT2D eigenvalue weighted by atomic mass is 9.69. The van der Waals surface area contributed by atoms with Crippen molar-refractivity contribution in [2.75, 3.05) is 4.90 Å². The molecule has 7 nitrogen and oxygen atoms in total. The van der Waals surface area contributed by atoms with Crippen LogP contribution in [0.2, 0.25) is 0 Å². The van der Waals surface area contributed by atoms with E-state index < -0.39 is 5.92 Å². The summed E-state index contributed by atoms with van der Waals surface area (Å²) in [5.74, 6) is -0.185. The Morgan fingerprint density at radius 2 is 2.13 bits per heavy atom. The van der Waals surface area contributed by atoms with Gasteiger partial charge in [-0.1, -0.05) is 56.9 Å². The number of anilines is 1. The third kappa shape index (κ3) is 3.98. The molecule has 2 aromatic heterocycles. The second-order valence-corrected chi connectivity index (χ2v) is 11.6. The molecule has 0 saturated heterocycles. The Labute approximate surface area is 190 Å². The smallest absolute Gasteiger partial charge is 0.219 e. The van der Waals surface area contributed by atoms with Crippen LogP contribution in [0, 0.1) is 16.7 Å². The van der Waals surface area contributed by atoms with Gasteiger partial charge in [0.25, 0.3) is 0 Å². The topological polar surface area (TPSA) is 109 Å². The highest BCUT2D eigenvalue weighted by Crippen LogP contribution is 2.50. The van der Waals surface area contributed by atoms with E-state index in [4.69, 9.17) is 5.73 Å². The van der Waals surface area contributed by atoms with Crippen molar-refractivity contribution in [1.82, 2.24) is 15.2 Å². The van der Waals surface area contributed by atoms with Gasteiger partial charge in [0.2, 0.25) is 5.13 Å². The van der Waals surface area contributed by atoms with E-state index in [0.29, 0.717) is 40.2 Å². The molecule has 2 aliphatic rings. The van der Waals surface area contributed by atoms with Gasteiger partial charge in [0.05, 0.1) is 17.6 Å². The van der Waals surface area contributed by atoms with E-state index in [1.807, 2.05) is 12.1 Å². The van der Waals surface area contributed by atoms with Crippen molar-refractivity contribution < 1.29 is 4.79 Å². The number of hydrogen-bond donors (Lipinski definition) is 1. The predicted octanol–water partition coefficient (Wildman–Crippen LogP) is 4.37. The van der Waals surface area contributed by atoms with Crippen LogP contribution < -0.4 is 10.6 Å². The number of hydrogen-bond acceptors (Lipinski definition) is 9. The number of thioether (sulfide) groups is 1. The van der Waals surface area contributed by atoms with E-state index in [1.165, 1.54) is 11.3 Å². The van der Waals surface area contributed by atoms with Gasteiger partial charge < -0.3 is 5.73 Å². The lowest BCUT2D eigenvalue weighted by Crippen LogP contribution is -2.42. The minimum atomic E-state index is -0.522. The van der Waals surface area contributed by atoms with Crippen molar-refractivity contribution in [3.8, 4) is 6.07 Å². The van der Waals surface area contributed by atoms with Gasteiger partial charge in [-0.15, -0.1) is 10.2 Å². The molecule has 0 fully saturated rings. The van der Waals surface area contributed by atoms with Gasteiger partial charge in [0.1, 0.15) is 5.82 Å². The first kappa shape index (κ1) is 21.5. The molecule has 0 radical (unpaired) electrons. The van der Waals surface area contributed by atoms with Gasteiger partial charge in [-0.05, 0) is 23.5 Å². The van der Waals surface area contributed by atoms with Gasteiger partial charge in [-0.3, -0.25) is 14.7 Å². The fourth-order valence-electron chi connectivity index (χ4n) is 4.15. The van der Waals surface area contributed by atoms with Gasteiger partial charge in [0.15, 0.2) is 10.1 Å². The third-order valence-electron chi connectivity index (χ3n) is 5.32. The van der Waals surface area contributed by atoms with Crippen molar-refractivity contribution in [3.05, 3.63) is 52.8 Å². The molecule has 0 saturated carbocycles. The molecule has 0 bridgehead atoms. The Balaban J connectivity index is 1.92. The van der Waals surface area contributed by atoms with Crippen molar-refractivity contribution in [3.63, 3.8) is 0 Å². The molecule has 0 aromatic carbocycles. The van der Waals surface area contributed by atoms with Crippen LogP contribution in [0.3, 0.4) is 0 Å². The number of nitriles is 1. The molecule has 0 spiro atoms. The molecule has 1 atom stereocenters. The van der Waals surface area contributed by atoms with Crippen LogP contribution >= 0.6 is 23.1 Å². The number of rotatable bonds is 4. The number of Topliss-reactive ketones (excluding diaryl/α,β-unsaturated/α-hetero) is 1. The summed E-state index contributed by atoms with van der Waals surface area (Å²) in [6.45, 7) is 8.34. The molecule has 2 aromatic rings. The number of nitrogens with two attached hydrogens (primary N) is 1. The maximum absolute atomic E-state index is 13.4. The molecule has 0 amide bonds. The average Bonchev–Trinajstić information content (AvgIpc) is 3.14. The molecule has 2 N–H and O–H groups in total. The Bertz CT molecular complexity index is 1130. The second-order valence-electron chi connectivity index (χ2n) is 8.78. The minimum Gasteiger partial charge on any atom is -0.384 e. The Morgan fingerprint density at radius 3 is 2.77 bits per heavy atom. The largest absolute Gasteiger partial charge is 0.384 e. The van der Waals surface area contributed by atoms with E-state index in [0.717, 1.165) is 15.6 Å². The first-order chi connectivity index (χ1) is 14.7. The van der Waals surface area contributed by atoms with Crippen molar-refractivity contribution >= 4 is 34.0 Å². The molecule has 160 valence electrons. The fraction of sp³-hybridized carbons (Fsp3) is 0.409. The van der Waals surface area contributed by atoms with Gasteiger partial charge >= 0.3 is 0 Å². The molecule has 1 aliphatic heterocycles. The van der Waals surface area contributed by atoms with Crippen LogP contribution in [0.5, 0.6) is 0 Å². The van der Waals surface area contributed by atoms with E-state index in [1.54, 1.807) is 29.1 Å². The summed E-state index contributed by atoms with van der Waals surface area (Å²) in [6, 6.07) is 5.96. The van der Waals surface area contributed by atoms with Crippen molar-refractivity contribution in [2.45, 2.75) is 56.0 Å². The zero-order chi connectivity index (χ0) is 22.3. The van der Waals surface area contributed by atoms with E-state index in [-0.39, 0.29) is 11.2 Å². The Hall–Kier alpha value is -2.70. The van der Waals surface area contributed by atoms with Crippen LogP contribution in [0.1, 0.15) is 52.0 Å². The maximum atomic E-state index is 13.4. The SMILES string of the molecule is CC(C)Sc1nnc(N2C(N)=C(C#N)[C@@H](c3cccnc3)C3=C2CC(C)(C)CC3=O)s1. The van der Waals surface area contributed by atoms with Crippen molar-refractivity contribution in [2.24, 2.45) is 11.1 Å². The van der Waals surface area contributed by atoms with Crippen LogP contribution in [0.4, 0.5) is 5.13 Å². The summed E-state index contributed by atoms with van der Waals surface area (Å²) in [5.41, 5.74) is 8.92. The number of pyridine rings is 1. The first-order valence-electron chi connectivity index (χ1n) is 10.1. The molecular formula is C22H24N6OS2. The number of allylic oxidation sites excluding steroid dienone is 3. The van der Waals surface area contributed by atoms with Crippen LogP contribution in [-0.2, 0) is 4.79 Å². The monoisotopic (exact) mass is 452 g/mol. The second kappa shape index (κ2) is 8.09. The number of nitrogens with zero attached hydrogens (tertiary/aromatic N) is 5. The molecule has 3 heterocycles. The predicted molar refractivity (Wildman–Crippen MR) is 122 cm³/mol. The van der Waals surface area contributed by atoms with Crippen LogP contribution in [-0.4, -0.2) is 26.2 Å². The Kier molecular flexibility index (Phi) is 5.62. The Morgan fingerprint density at radius 1 is 1.35 bits per heavy atom. The van der Waals surface area contributed by atoms with E-state index in [9.17, 15) is 10.1 Å². The van der Waals surface area contributed by atoms with E-state index in [2.05, 4.69) is 48.9 Å². The zero-order valence-corrected chi connectivity index (χ0v) is 19.5. The van der Waals surface area contributed by atoms with Crippen LogP contribution in [0.15, 0.2) is 51.5 Å². The minimum absolute atomic E-state index is 0.0339. The van der Waals surface area contributed by atoms with Crippen molar-refractivity contribution in [1.29, 1.82) is 5.26 Å². The van der Waals surface area contributed by atoms with Gasteiger partial charge in [-0.25, -0.2) is 0 Å². The quantitative estimate of drug-likeness (QED) is 0.681. The highest BCUT2D eigenvalue weighted by molar-refractivity contribution is 8.01. The third-order valence-corrected chi connectivity index (χ3v) is 7.32. The van der Waals surface area contributed by atoms with Gasteiger partial charge in [-0.2, -0.15) is 5.26 Å². The number of carbonyl (C=O) groups is 1. The lowest BCUT2D eigenvalue weighted by Gasteiger charge is -2.42. The fourth-order valence-corrected chi connectivity index (χ4v) is 6.25. The summed E-state index contributed by atoms with van der Waals surface area (Å²) in [5, 5.41) is 19.7. The molecule has 0 unspecified atom stereocenters. The molecule has 9 heteroatoms. The summed E-state index contributed by atoms with van der Waals surface area (Å²) < 4.78 is 0.828. The number of aromatic nitrogens is 3. The highest BCUT2D eigenvalue weighted by Gasteiger charge is 2.45. The van der Waals surface area contributed by atoms with Crippen LogP contribution in [0.25, 0.3) is 0 Å². The molecule has 1 aliphatic carbocycles. The first-order valence-corrected chi connectivity index (χ1v) is 11.8.